The summed E-state index contributed by atoms with van der Waals surface area (Å²) in [4.78, 5) is 4.02. The van der Waals surface area contributed by atoms with Gasteiger partial charge in [-0.1, -0.05) is 13.8 Å². The van der Waals surface area contributed by atoms with E-state index in [-0.39, 0.29) is 30.5 Å². The average molecular weight is 289 g/mol. The number of rotatable bonds is 5. The lowest BCUT2D eigenvalue weighted by atomic mass is 10.2. The Kier molecular flexibility index (Phi) is 3.71. The van der Waals surface area contributed by atoms with Crippen LogP contribution in [0.3, 0.4) is 0 Å². The van der Waals surface area contributed by atoms with Gasteiger partial charge in [0.15, 0.2) is 0 Å². The summed E-state index contributed by atoms with van der Waals surface area (Å²) in [6, 6.07) is 2.93. The van der Waals surface area contributed by atoms with Crippen LogP contribution in [0.2, 0.25) is 0 Å². The second-order valence-electron chi connectivity index (χ2n) is 5.50. The van der Waals surface area contributed by atoms with Crippen molar-refractivity contribution in [1.29, 1.82) is 0 Å². The lowest BCUT2D eigenvalue weighted by Crippen LogP contribution is -2.38. The van der Waals surface area contributed by atoms with Crippen molar-refractivity contribution >= 4 is 11.5 Å². The summed E-state index contributed by atoms with van der Waals surface area (Å²) in [7, 11) is 0. The highest BCUT2D eigenvalue weighted by Crippen LogP contribution is 2.51. The molecule has 1 aliphatic carbocycles. The molecule has 0 atom stereocenters. The van der Waals surface area contributed by atoms with E-state index in [9.17, 15) is 13.2 Å². The summed E-state index contributed by atoms with van der Waals surface area (Å²) in [5, 5.41) is 2.45. The molecule has 0 radical (unpaired) electrons. The molecule has 1 aromatic rings. The molecule has 0 aromatic carbocycles. The number of hydrogen-bond acceptors (Lipinski definition) is 4. The number of anilines is 2. The quantitative estimate of drug-likeness (QED) is 0.874. The Morgan fingerprint density at radius 2 is 2.05 bits per heavy atom. The fourth-order valence-corrected chi connectivity index (χ4v) is 1.73. The van der Waals surface area contributed by atoms with E-state index in [1.54, 1.807) is 0 Å². The minimum atomic E-state index is -4.28. The lowest BCUT2D eigenvalue weighted by molar-refractivity contribution is -0.151. The van der Waals surface area contributed by atoms with Crippen molar-refractivity contribution < 1.29 is 17.9 Å². The molecule has 0 spiro atoms. The highest BCUT2D eigenvalue weighted by molar-refractivity contribution is 5.55. The van der Waals surface area contributed by atoms with Gasteiger partial charge < -0.3 is 15.8 Å². The maximum absolute atomic E-state index is 12.9. The fourth-order valence-electron chi connectivity index (χ4n) is 1.73. The van der Waals surface area contributed by atoms with E-state index in [4.69, 9.17) is 10.5 Å². The summed E-state index contributed by atoms with van der Waals surface area (Å²) in [5.74, 6) is 0.576. The Hall–Kier alpha value is -1.66. The molecule has 1 aromatic heterocycles. The second-order valence-corrected chi connectivity index (χ2v) is 5.50. The van der Waals surface area contributed by atoms with Crippen LogP contribution in [0, 0.1) is 5.92 Å². The van der Waals surface area contributed by atoms with Gasteiger partial charge in [-0.15, -0.1) is 0 Å². The third-order valence-electron chi connectivity index (χ3n) is 3.10. The van der Waals surface area contributed by atoms with Gasteiger partial charge in [0.25, 0.3) is 0 Å². The van der Waals surface area contributed by atoms with E-state index in [1.807, 2.05) is 13.8 Å². The second kappa shape index (κ2) is 5.03. The molecule has 1 heterocycles. The van der Waals surface area contributed by atoms with E-state index < -0.39 is 11.7 Å². The van der Waals surface area contributed by atoms with E-state index >= 15 is 0 Å². The van der Waals surface area contributed by atoms with E-state index in [1.165, 1.54) is 12.1 Å². The molecule has 0 bridgehead atoms. The predicted molar refractivity (Wildman–Crippen MR) is 70.6 cm³/mol. The third kappa shape index (κ3) is 3.08. The van der Waals surface area contributed by atoms with Crippen molar-refractivity contribution in [2.24, 2.45) is 5.92 Å². The van der Waals surface area contributed by atoms with Gasteiger partial charge in [-0.05, 0) is 30.9 Å². The van der Waals surface area contributed by atoms with Gasteiger partial charge >= 0.3 is 6.18 Å². The summed E-state index contributed by atoms with van der Waals surface area (Å²) in [5.41, 5.74) is 4.17. The minimum absolute atomic E-state index is 0.0603. The number of hydrogen-bond donors (Lipinski definition) is 2. The van der Waals surface area contributed by atoms with Crippen LogP contribution in [0.4, 0.5) is 24.7 Å². The van der Waals surface area contributed by atoms with Crippen LogP contribution in [0.5, 0.6) is 5.88 Å². The number of alkyl halides is 3. The molecule has 0 aliphatic heterocycles. The van der Waals surface area contributed by atoms with E-state index in [2.05, 4.69) is 10.3 Å². The maximum atomic E-state index is 12.9. The number of nitrogens with zero attached hydrogens (tertiary/aromatic N) is 1. The van der Waals surface area contributed by atoms with Crippen molar-refractivity contribution in [1.82, 2.24) is 4.98 Å². The summed E-state index contributed by atoms with van der Waals surface area (Å²) < 4.78 is 44.0. The molecule has 0 amide bonds. The molecule has 112 valence electrons. The van der Waals surface area contributed by atoms with E-state index in [0.717, 1.165) is 0 Å². The third-order valence-corrected chi connectivity index (χ3v) is 3.10. The molecule has 1 aliphatic rings. The molecule has 4 nitrogen and oxygen atoms in total. The number of nitrogens with one attached hydrogen (secondary N) is 1. The van der Waals surface area contributed by atoms with Crippen LogP contribution in [-0.2, 0) is 0 Å². The first-order valence-corrected chi connectivity index (χ1v) is 6.48. The van der Waals surface area contributed by atoms with Crippen LogP contribution in [0.1, 0.15) is 26.7 Å². The van der Waals surface area contributed by atoms with Gasteiger partial charge in [0.2, 0.25) is 5.88 Å². The van der Waals surface area contributed by atoms with Gasteiger partial charge in [0.05, 0.1) is 12.3 Å². The summed E-state index contributed by atoms with van der Waals surface area (Å²) in [6.45, 7) is 4.33. The van der Waals surface area contributed by atoms with Crippen molar-refractivity contribution in [2.45, 2.75) is 38.4 Å². The normalized spacial score (nSPS) is 17.1. The number of ether oxygens (including phenoxy) is 1. The van der Waals surface area contributed by atoms with E-state index in [0.29, 0.717) is 12.3 Å². The molecule has 2 rings (SSSR count). The van der Waals surface area contributed by atoms with Crippen LogP contribution in [-0.4, -0.2) is 23.3 Å². The Morgan fingerprint density at radius 3 is 2.55 bits per heavy atom. The molecule has 3 N–H and O–H groups in total. The monoisotopic (exact) mass is 289 g/mol. The van der Waals surface area contributed by atoms with Crippen LogP contribution in [0.25, 0.3) is 0 Å². The molecule has 7 heteroatoms. The maximum Gasteiger partial charge on any atom is 0.411 e. The van der Waals surface area contributed by atoms with Gasteiger partial charge in [0, 0.05) is 0 Å². The fraction of sp³-hybridized carbons (Fsp3) is 0.615. The largest absolute Gasteiger partial charge is 0.476 e. The first kappa shape index (κ1) is 14.7. The Bertz CT molecular complexity index is 484. The zero-order chi connectivity index (χ0) is 15.0. The van der Waals surface area contributed by atoms with Crippen molar-refractivity contribution in [3.05, 3.63) is 12.1 Å². The zero-order valence-corrected chi connectivity index (χ0v) is 11.4. The molecular formula is C13H18F3N3O. The van der Waals surface area contributed by atoms with Crippen LogP contribution < -0.4 is 15.8 Å². The Balaban J connectivity index is 2.12. The van der Waals surface area contributed by atoms with Crippen LogP contribution >= 0.6 is 0 Å². The first-order valence-electron chi connectivity index (χ1n) is 6.48. The zero-order valence-electron chi connectivity index (χ0n) is 11.4. The minimum Gasteiger partial charge on any atom is -0.476 e. The van der Waals surface area contributed by atoms with Gasteiger partial charge in [0.1, 0.15) is 11.4 Å². The number of nitrogens with two attached hydrogens (primary N) is 1. The number of pyridine rings is 1. The van der Waals surface area contributed by atoms with Crippen molar-refractivity contribution in [3.8, 4) is 5.88 Å². The predicted octanol–water partition coefficient (Wildman–Crippen LogP) is 3.21. The summed E-state index contributed by atoms with van der Waals surface area (Å²) >= 11 is 0. The molecule has 0 saturated heterocycles. The van der Waals surface area contributed by atoms with Gasteiger partial charge in [-0.2, -0.15) is 18.2 Å². The van der Waals surface area contributed by atoms with Crippen LogP contribution in [0.15, 0.2) is 12.1 Å². The highest BCUT2D eigenvalue weighted by atomic mass is 19.4. The highest BCUT2D eigenvalue weighted by Gasteiger charge is 2.63. The Morgan fingerprint density at radius 1 is 1.40 bits per heavy atom. The van der Waals surface area contributed by atoms with Crippen molar-refractivity contribution in [2.75, 3.05) is 17.7 Å². The smallest absolute Gasteiger partial charge is 0.411 e. The molecule has 1 saturated carbocycles. The molecule has 0 unspecified atom stereocenters. The van der Waals surface area contributed by atoms with Gasteiger partial charge in [-0.25, -0.2) is 0 Å². The SMILES string of the molecule is CC(C)COc1nc(NC2(C(F)(F)F)CC2)ccc1N. The number of nitrogen functional groups attached to an aromatic ring is 1. The standard InChI is InChI=1S/C13H18F3N3O/c1-8(2)7-20-11-9(17)3-4-10(18-11)19-12(5-6-12)13(14,15)16/h3-4,8H,5-7,17H2,1-2H3,(H,18,19). The van der Waals surface area contributed by atoms with Crippen molar-refractivity contribution in [3.63, 3.8) is 0 Å². The molecule has 1 fully saturated rings. The molecular weight excluding hydrogens is 271 g/mol. The van der Waals surface area contributed by atoms with Gasteiger partial charge in [-0.3, -0.25) is 0 Å². The Labute approximate surface area is 115 Å². The number of halogens is 3. The average Bonchev–Trinajstić information content (AvgIpc) is 3.10. The topological polar surface area (TPSA) is 60.2 Å². The lowest BCUT2D eigenvalue weighted by Gasteiger charge is -2.21. The first-order chi connectivity index (χ1) is 9.23. The summed E-state index contributed by atoms with van der Waals surface area (Å²) in [6.07, 6.45) is -4.16. The number of aromatic nitrogens is 1. The molecule has 20 heavy (non-hydrogen) atoms.